The zero-order chi connectivity index (χ0) is 20.6. The van der Waals surface area contributed by atoms with Crippen molar-refractivity contribution in [3.05, 3.63) is 29.8 Å². The van der Waals surface area contributed by atoms with Gasteiger partial charge in [0.15, 0.2) is 5.16 Å². The van der Waals surface area contributed by atoms with Crippen LogP contribution in [0.5, 0.6) is 0 Å². The van der Waals surface area contributed by atoms with Gasteiger partial charge in [-0.3, -0.25) is 14.7 Å². The third-order valence-corrected chi connectivity index (χ3v) is 5.60. The van der Waals surface area contributed by atoms with E-state index < -0.39 is 6.03 Å². The average Bonchev–Trinajstić information content (AvgIpc) is 3.16. The van der Waals surface area contributed by atoms with Crippen LogP contribution in [0.2, 0.25) is 0 Å². The maximum atomic E-state index is 12.1. The van der Waals surface area contributed by atoms with Gasteiger partial charge >= 0.3 is 6.03 Å². The first-order valence-electron chi connectivity index (χ1n) is 10.1. The van der Waals surface area contributed by atoms with E-state index in [1.165, 1.54) is 23.7 Å². The topological polar surface area (TPSA) is 92.2 Å². The fraction of sp³-hybridized carbons (Fsp3) is 0.500. The molecule has 1 aromatic heterocycles. The lowest BCUT2D eigenvalue weighted by molar-refractivity contribution is -0.117. The van der Waals surface area contributed by atoms with Gasteiger partial charge in [0.05, 0.1) is 11.4 Å². The smallest absolute Gasteiger partial charge is 0.321 e. The molecule has 1 aliphatic heterocycles. The van der Waals surface area contributed by atoms with Gasteiger partial charge in [0.25, 0.3) is 0 Å². The minimum absolute atomic E-state index is 0.0868. The summed E-state index contributed by atoms with van der Waals surface area (Å²) in [5.41, 5.74) is 2.14. The molecule has 29 heavy (non-hydrogen) atoms. The summed E-state index contributed by atoms with van der Waals surface area (Å²) >= 11 is 1.28. The maximum Gasteiger partial charge on any atom is 0.321 e. The summed E-state index contributed by atoms with van der Waals surface area (Å²) in [7, 11) is 0. The highest BCUT2D eigenvalue weighted by Gasteiger charge is 2.22. The van der Waals surface area contributed by atoms with Gasteiger partial charge < -0.3 is 10.2 Å². The molecule has 1 fully saturated rings. The van der Waals surface area contributed by atoms with Crippen LogP contribution < -0.4 is 15.5 Å². The number of nitrogens with one attached hydrogen (secondary N) is 2. The first-order valence-corrected chi connectivity index (χ1v) is 11.0. The van der Waals surface area contributed by atoms with Crippen LogP contribution in [0.15, 0.2) is 29.4 Å². The van der Waals surface area contributed by atoms with Crippen LogP contribution in [-0.4, -0.2) is 52.1 Å². The highest BCUT2D eigenvalue weighted by atomic mass is 32.2. The molecule has 1 aromatic carbocycles. The van der Waals surface area contributed by atoms with Crippen molar-refractivity contribution in [1.29, 1.82) is 0 Å². The molecule has 156 valence electrons. The van der Waals surface area contributed by atoms with Gasteiger partial charge in [-0.2, -0.15) is 0 Å². The van der Waals surface area contributed by atoms with E-state index >= 15 is 0 Å². The van der Waals surface area contributed by atoms with E-state index in [1.807, 2.05) is 30.5 Å². The number of urea groups is 1. The molecule has 2 heterocycles. The van der Waals surface area contributed by atoms with Crippen LogP contribution in [0.3, 0.4) is 0 Å². The van der Waals surface area contributed by atoms with Crippen molar-refractivity contribution in [1.82, 2.24) is 25.4 Å². The largest absolute Gasteiger partial charge is 0.341 e. The zero-order valence-electron chi connectivity index (χ0n) is 17.0. The minimum Gasteiger partial charge on any atom is -0.341 e. The van der Waals surface area contributed by atoms with Crippen LogP contribution in [0.1, 0.15) is 38.2 Å². The van der Waals surface area contributed by atoms with Crippen molar-refractivity contribution in [2.24, 2.45) is 0 Å². The lowest BCUT2D eigenvalue weighted by atomic mass is 10.1. The summed E-state index contributed by atoms with van der Waals surface area (Å²) in [6.45, 7) is 6.44. The monoisotopic (exact) mass is 416 g/mol. The second-order valence-electron chi connectivity index (χ2n) is 7.09. The lowest BCUT2D eigenvalue weighted by Gasteiger charge is -2.27. The maximum absolute atomic E-state index is 12.1. The van der Waals surface area contributed by atoms with Crippen molar-refractivity contribution < 1.29 is 9.59 Å². The number of carbonyl (C=O) groups excluding carboxylic acids is 2. The predicted molar refractivity (Wildman–Crippen MR) is 115 cm³/mol. The molecule has 9 heteroatoms. The fourth-order valence-corrected chi connectivity index (χ4v) is 3.90. The number of amides is 3. The van der Waals surface area contributed by atoms with E-state index in [0.717, 1.165) is 44.0 Å². The van der Waals surface area contributed by atoms with Crippen molar-refractivity contribution in [3.63, 3.8) is 0 Å². The summed E-state index contributed by atoms with van der Waals surface area (Å²) in [4.78, 5) is 26.0. The molecule has 0 saturated carbocycles. The SMILES string of the molecule is CCCNC(=O)NC(=O)CSc1nnc(N2CCCCC2)n1-c1ccc(C)cc1. The molecule has 0 aliphatic carbocycles. The number of rotatable bonds is 7. The molecule has 2 N–H and O–H groups in total. The summed E-state index contributed by atoms with van der Waals surface area (Å²) in [5, 5.41) is 14.4. The predicted octanol–water partition coefficient (Wildman–Crippen LogP) is 2.89. The molecule has 1 saturated heterocycles. The van der Waals surface area contributed by atoms with Crippen molar-refractivity contribution in [2.45, 2.75) is 44.7 Å². The first-order chi connectivity index (χ1) is 14.1. The fourth-order valence-electron chi connectivity index (χ4n) is 3.15. The number of anilines is 1. The Bertz CT molecular complexity index is 830. The number of nitrogens with zero attached hydrogens (tertiary/aromatic N) is 4. The molecule has 3 rings (SSSR count). The molecule has 0 unspecified atom stereocenters. The highest BCUT2D eigenvalue weighted by Crippen LogP contribution is 2.28. The summed E-state index contributed by atoms with van der Waals surface area (Å²) in [6, 6.07) is 7.71. The van der Waals surface area contributed by atoms with E-state index in [9.17, 15) is 9.59 Å². The van der Waals surface area contributed by atoms with Gasteiger partial charge in [-0.25, -0.2) is 4.79 Å². The molecule has 0 radical (unpaired) electrons. The Hall–Kier alpha value is -2.55. The number of piperidine rings is 1. The third kappa shape index (κ3) is 5.72. The number of hydrogen-bond acceptors (Lipinski definition) is 6. The van der Waals surface area contributed by atoms with Crippen molar-refractivity contribution in [2.75, 3.05) is 30.3 Å². The second kappa shape index (κ2) is 10.3. The standard InChI is InChI=1S/C20H28N6O2S/c1-3-11-21-18(28)22-17(27)14-29-20-24-23-19(25-12-5-4-6-13-25)26(20)16-9-7-15(2)8-10-16/h7-10H,3-6,11-14H2,1-2H3,(H2,21,22,27,28). The Morgan fingerprint density at radius 1 is 1.10 bits per heavy atom. The number of imide groups is 1. The first kappa shape index (κ1) is 21.2. The Kier molecular flexibility index (Phi) is 7.51. The Morgan fingerprint density at radius 3 is 2.52 bits per heavy atom. The molecule has 1 aliphatic rings. The summed E-state index contributed by atoms with van der Waals surface area (Å²) in [5.74, 6) is 0.530. The second-order valence-corrected chi connectivity index (χ2v) is 8.04. The Balaban J connectivity index is 1.75. The quantitative estimate of drug-likeness (QED) is 0.675. The number of hydrogen-bond donors (Lipinski definition) is 2. The number of benzene rings is 1. The molecule has 0 atom stereocenters. The number of aryl methyl sites for hydroxylation is 1. The van der Waals surface area contributed by atoms with Crippen LogP contribution in [-0.2, 0) is 4.79 Å². The minimum atomic E-state index is -0.466. The number of thioether (sulfide) groups is 1. The van der Waals surface area contributed by atoms with Gasteiger partial charge in [-0.1, -0.05) is 36.4 Å². The van der Waals surface area contributed by atoms with Crippen molar-refractivity contribution in [3.8, 4) is 5.69 Å². The third-order valence-electron chi connectivity index (χ3n) is 4.67. The summed E-state index contributed by atoms with van der Waals surface area (Å²) < 4.78 is 2.00. The Labute approximate surface area is 175 Å². The molecular formula is C20H28N6O2S. The Morgan fingerprint density at radius 2 is 1.83 bits per heavy atom. The molecule has 0 spiro atoms. The van der Waals surface area contributed by atoms with E-state index in [2.05, 4.69) is 37.9 Å². The van der Waals surface area contributed by atoms with E-state index in [1.54, 1.807) is 0 Å². The van der Waals surface area contributed by atoms with Crippen LogP contribution >= 0.6 is 11.8 Å². The van der Waals surface area contributed by atoms with E-state index in [0.29, 0.717) is 11.7 Å². The van der Waals surface area contributed by atoms with Gasteiger partial charge in [-0.05, 0) is 44.7 Å². The molecule has 3 amide bonds. The highest BCUT2D eigenvalue weighted by molar-refractivity contribution is 7.99. The number of aromatic nitrogens is 3. The van der Waals surface area contributed by atoms with Crippen molar-refractivity contribution >= 4 is 29.6 Å². The lowest BCUT2D eigenvalue weighted by Crippen LogP contribution is -2.40. The molecular weight excluding hydrogens is 388 g/mol. The van der Waals surface area contributed by atoms with Crippen LogP contribution in [0.4, 0.5) is 10.7 Å². The zero-order valence-corrected chi connectivity index (χ0v) is 17.8. The van der Waals surface area contributed by atoms with Gasteiger partial charge in [0, 0.05) is 19.6 Å². The van der Waals surface area contributed by atoms with E-state index in [4.69, 9.17) is 0 Å². The normalized spacial score (nSPS) is 13.9. The average molecular weight is 417 g/mol. The van der Waals surface area contributed by atoms with Gasteiger partial charge in [-0.15, -0.1) is 10.2 Å². The van der Waals surface area contributed by atoms with Gasteiger partial charge in [0.1, 0.15) is 0 Å². The molecule has 0 bridgehead atoms. The number of carbonyl (C=O) groups is 2. The molecule has 2 aromatic rings. The summed E-state index contributed by atoms with van der Waals surface area (Å²) in [6.07, 6.45) is 4.32. The molecule has 8 nitrogen and oxygen atoms in total. The van der Waals surface area contributed by atoms with Crippen LogP contribution in [0.25, 0.3) is 5.69 Å². The van der Waals surface area contributed by atoms with Gasteiger partial charge in [0.2, 0.25) is 11.9 Å². The van der Waals surface area contributed by atoms with Crippen LogP contribution in [0, 0.1) is 6.92 Å². The van der Waals surface area contributed by atoms with E-state index in [-0.39, 0.29) is 11.7 Å².